The second-order valence-electron chi connectivity index (χ2n) is 8.01. The van der Waals surface area contributed by atoms with Gasteiger partial charge in [-0.05, 0) is 43.5 Å². The number of piperazine rings is 1. The first-order valence-electron chi connectivity index (χ1n) is 10.2. The first-order chi connectivity index (χ1) is 13.3. The number of carbonyl (C=O) groups is 1. The summed E-state index contributed by atoms with van der Waals surface area (Å²) in [6.45, 7) is 5.18. The van der Waals surface area contributed by atoms with Gasteiger partial charge in [0.05, 0.1) is 38.1 Å². The second kappa shape index (κ2) is 9.24. The maximum atomic E-state index is 12.6. The van der Waals surface area contributed by atoms with Crippen LogP contribution in [0.3, 0.4) is 0 Å². The highest BCUT2D eigenvalue weighted by molar-refractivity contribution is 7.89. The SMILES string of the molecule is Cc1cc(S(=O)(=O)NC2CCCCC2)ccc1OCC(=O)N1CC[NH+](C)CC1. The lowest BCUT2D eigenvalue weighted by Gasteiger charge is -2.30. The maximum Gasteiger partial charge on any atom is 0.260 e. The van der Waals surface area contributed by atoms with Gasteiger partial charge in [-0.15, -0.1) is 0 Å². The molecule has 0 aromatic heterocycles. The smallest absolute Gasteiger partial charge is 0.260 e. The van der Waals surface area contributed by atoms with Crippen molar-refractivity contribution in [2.45, 2.75) is 50.0 Å². The summed E-state index contributed by atoms with van der Waals surface area (Å²) in [5.41, 5.74) is 0.710. The molecule has 2 fully saturated rings. The molecule has 2 N–H and O–H groups in total. The highest BCUT2D eigenvalue weighted by atomic mass is 32.2. The van der Waals surface area contributed by atoms with Crippen LogP contribution in [0.4, 0.5) is 0 Å². The summed E-state index contributed by atoms with van der Waals surface area (Å²) in [7, 11) is -1.41. The molecule has 0 radical (unpaired) electrons. The standard InChI is InChI=1S/C20H31N3O4S/c1-16-14-18(28(25,26)21-17-6-4-3-5-7-17)8-9-19(16)27-15-20(24)23-12-10-22(2)11-13-23/h8-9,14,17,21H,3-7,10-13,15H2,1-2H3/p+1. The number of aryl methyl sites for hydroxylation is 1. The number of amides is 1. The zero-order valence-electron chi connectivity index (χ0n) is 16.9. The Morgan fingerprint density at radius 2 is 1.89 bits per heavy atom. The Labute approximate surface area is 168 Å². The van der Waals surface area contributed by atoms with Gasteiger partial charge in [0.2, 0.25) is 10.0 Å². The Morgan fingerprint density at radius 3 is 2.54 bits per heavy atom. The van der Waals surface area contributed by atoms with E-state index in [0.717, 1.165) is 51.9 Å². The van der Waals surface area contributed by atoms with Crippen LogP contribution in [0.1, 0.15) is 37.7 Å². The third kappa shape index (κ3) is 5.46. The van der Waals surface area contributed by atoms with Crippen LogP contribution >= 0.6 is 0 Å². The number of rotatable bonds is 6. The second-order valence-corrected chi connectivity index (χ2v) is 9.72. The Hall–Kier alpha value is -1.64. The monoisotopic (exact) mass is 410 g/mol. The van der Waals surface area contributed by atoms with E-state index in [1.807, 2.05) is 4.90 Å². The fraction of sp³-hybridized carbons (Fsp3) is 0.650. The molecule has 0 unspecified atom stereocenters. The Morgan fingerprint density at radius 1 is 1.21 bits per heavy atom. The fourth-order valence-electron chi connectivity index (χ4n) is 3.83. The predicted octanol–water partition coefficient (Wildman–Crippen LogP) is 0.342. The van der Waals surface area contributed by atoms with Crippen molar-refractivity contribution >= 4 is 15.9 Å². The number of nitrogens with one attached hydrogen (secondary N) is 2. The Bertz CT molecular complexity index is 783. The van der Waals surface area contributed by atoms with Gasteiger partial charge in [-0.2, -0.15) is 0 Å². The van der Waals surface area contributed by atoms with Gasteiger partial charge in [-0.3, -0.25) is 4.79 Å². The van der Waals surface area contributed by atoms with E-state index in [9.17, 15) is 13.2 Å². The molecule has 0 spiro atoms. The summed E-state index contributed by atoms with van der Waals surface area (Å²) in [5.74, 6) is 0.521. The fourth-order valence-corrected chi connectivity index (χ4v) is 5.22. The molecule has 1 aliphatic heterocycles. The van der Waals surface area contributed by atoms with Gasteiger partial charge >= 0.3 is 0 Å². The number of quaternary nitrogens is 1. The molecule has 0 atom stereocenters. The van der Waals surface area contributed by atoms with Crippen LogP contribution in [0.25, 0.3) is 0 Å². The molecular weight excluding hydrogens is 378 g/mol. The maximum absolute atomic E-state index is 12.6. The molecule has 1 aromatic rings. The summed E-state index contributed by atoms with van der Waals surface area (Å²) in [5, 5.41) is 0. The van der Waals surface area contributed by atoms with Gasteiger partial charge in [-0.25, -0.2) is 13.1 Å². The minimum absolute atomic E-state index is 0.0215. The molecule has 1 aliphatic carbocycles. The van der Waals surface area contributed by atoms with Crippen molar-refractivity contribution in [2.24, 2.45) is 0 Å². The first-order valence-corrected chi connectivity index (χ1v) is 11.7. The molecule has 156 valence electrons. The largest absolute Gasteiger partial charge is 0.483 e. The summed E-state index contributed by atoms with van der Waals surface area (Å²) in [6.07, 6.45) is 5.12. The van der Waals surface area contributed by atoms with E-state index < -0.39 is 10.0 Å². The molecule has 8 heteroatoms. The molecule has 7 nitrogen and oxygen atoms in total. The number of benzene rings is 1. The van der Waals surface area contributed by atoms with Crippen LogP contribution in [0.5, 0.6) is 5.75 Å². The summed E-state index contributed by atoms with van der Waals surface area (Å²) in [4.78, 5) is 15.8. The predicted molar refractivity (Wildman–Crippen MR) is 107 cm³/mol. The van der Waals surface area contributed by atoms with E-state index in [-0.39, 0.29) is 23.5 Å². The number of hydrogen-bond acceptors (Lipinski definition) is 4. The molecule has 3 rings (SSSR count). The van der Waals surface area contributed by atoms with Gasteiger partial charge in [0.1, 0.15) is 5.75 Å². The minimum Gasteiger partial charge on any atom is -0.483 e. The van der Waals surface area contributed by atoms with E-state index in [1.165, 1.54) is 11.3 Å². The van der Waals surface area contributed by atoms with E-state index in [4.69, 9.17) is 4.74 Å². The zero-order chi connectivity index (χ0) is 20.1. The quantitative estimate of drug-likeness (QED) is 0.709. The van der Waals surface area contributed by atoms with Crippen LogP contribution in [-0.4, -0.2) is 65.1 Å². The molecule has 1 amide bonds. The van der Waals surface area contributed by atoms with Gasteiger partial charge in [0, 0.05) is 6.04 Å². The summed E-state index contributed by atoms with van der Waals surface area (Å²) >= 11 is 0. The Kier molecular flexibility index (Phi) is 6.95. The summed E-state index contributed by atoms with van der Waals surface area (Å²) < 4.78 is 33.8. The molecule has 1 saturated carbocycles. The molecule has 1 heterocycles. The van der Waals surface area contributed by atoms with E-state index in [1.54, 1.807) is 25.1 Å². The topological polar surface area (TPSA) is 80.1 Å². The van der Waals surface area contributed by atoms with Crippen molar-refractivity contribution in [1.82, 2.24) is 9.62 Å². The van der Waals surface area contributed by atoms with Crippen LogP contribution in [0, 0.1) is 6.92 Å². The number of carbonyl (C=O) groups excluding carboxylic acids is 1. The van der Waals surface area contributed by atoms with Gasteiger partial charge in [0.15, 0.2) is 6.61 Å². The van der Waals surface area contributed by atoms with Crippen LogP contribution in [-0.2, 0) is 14.8 Å². The zero-order valence-corrected chi connectivity index (χ0v) is 17.7. The molecular formula is C20H32N3O4S+. The van der Waals surface area contributed by atoms with Crippen molar-refractivity contribution < 1.29 is 22.8 Å². The average molecular weight is 411 g/mol. The molecule has 1 aromatic carbocycles. The lowest BCUT2D eigenvalue weighted by Crippen LogP contribution is -3.12. The highest BCUT2D eigenvalue weighted by Crippen LogP contribution is 2.24. The Balaban J connectivity index is 1.58. The van der Waals surface area contributed by atoms with Crippen LogP contribution < -0.4 is 14.4 Å². The molecule has 2 aliphatic rings. The lowest BCUT2D eigenvalue weighted by molar-refractivity contribution is -0.883. The van der Waals surface area contributed by atoms with Crippen LogP contribution in [0.15, 0.2) is 23.1 Å². The van der Waals surface area contributed by atoms with E-state index in [2.05, 4.69) is 11.8 Å². The molecule has 0 bridgehead atoms. The minimum atomic E-state index is -3.54. The number of hydrogen-bond donors (Lipinski definition) is 2. The van der Waals surface area contributed by atoms with Crippen LogP contribution in [0.2, 0.25) is 0 Å². The van der Waals surface area contributed by atoms with Crippen molar-refractivity contribution in [1.29, 1.82) is 0 Å². The number of nitrogens with zero attached hydrogens (tertiary/aromatic N) is 1. The summed E-state index contributed by atoms with van der Waals surface area (Å²) in [6, 6.07) is 4.84. The lowest BCUT2D eigenvalue weighted by atomic mass is 9.96. The third-order valence-corrected chi connectivity index (χ3v) is 7.22. The van der Waals surface area contributed by atoms with Crippen molar-refractivity contribution in [3.05, 3.63) is 23.8 Å². The van der Waals surface area contributed by atoms with Gasteiger partial charge in [-0.1, -0.05) is 19.3 Å². The van der Waals surface area contributed by atoms with Crippen molar-refractivity contribution in [2.75, 3.05) is 39.8 Å². The van der Waals surface area contributed by atoms with Gasteiger partial charge < -0.3 is 14.5 Å². The molecule has 28 heavy (non-hydrogen) atoms. The third-order valence-electron chi connectivity index (χ3n) is 5.70. The number of sulfonamides is 1. The van der Waals surface area contributed by atoms with Gasteiger partial charge in [0.25, 0.3) is 5.91 Å². The average Bonchev–Trinajstić information content (AvgIpc) is 2.67. The van der Waals surface area contributed by atoms with Crippen molar-refractivity contribution in [3.63, 3.8) is 0 Å². The first kappa shape index (κ1) is 21.1. The number of likely N-dealkylation sites (N-methyl/N-ethyl adjacent to an activating group) is 1. The van der Waals surface area contributed by atoms with Crippen molar-refractivity contribution in [3.8, 4) is 5.75 Å². The number of ether oxygens (including phenoxy) is 1. The molecule has 1 saturated heterocycles. The highest BCUT2D eigenvalue weighted by Gasteiger charge is 2.24. The normalized spacial score (nSPS) is 19.6. The van der Waals surface area contributed by atoms with E-state index >= 15 is 0 Å². The van der Waals surface area contributed by atoms with E-state index in [0.29, 0.717) is 11.3 Å².